The summed E-state index contributed by atoms with van der Waals surface area (Å²) in [5.74, 6) is -0.802. The van der Waals surface area contributed by atoms with Crippen LogP contribution in [0.15, 0.2) is 58.1 Å². The quantitative estimate of drug-likeness (QED) is 0.439. The third-order valence-corrected chi connectivity index (χ3v) is 4.80. The van der Waals surface area contributed by atoms with Crippen LogP contribution >= 0.6 is 0 Å². The fourth-order valence-corrected chi connectivity index (χ4v) is 2.97. The first-order chi connectivity index (χ1) is 15.3. The molecule has 0 saturated carbocycles. The maximum atomic E-state index is 12.9. The van der Waals surface area contributed by atoms with E-state index in [2.05, 4.69) is 16.0 Å². The van der Waals surface area contributed by atoms with Crippen molar-refractivity contribution in [2.45, 2.75) is 20.4 Å². The Morgan fingerprint density at radius 2 is 1.50 bits per heavy atom. The van der Waals surface area contributed by atoms with Gasteiger partial charge in [-0.15, -0.1) is 0 Å². The minimum absolute atomic E-state index is 0.0270. The molecule has 4 N–H and O–H groups in total. The SMILES string of the molecule is CC.CNC(=O)c1cccc(Nc2c(NCc3ccccc3)c(=O)n(C)n(C)c2=O)c1O. The number of phenols is 1. The average molecular weight is 440 g/mol. The average Bonchev–Trinajstić information content (AvgIpc) is 2.83. The van der Waals surface area contributed by atoms with E-state index in [9.17, 15) is 19.5 Å². The van der Waals surface area contributed by atoms with Gasteiger partial charge in [0, 0.05) is 27.7 Å². The van der Waals surface area contributed by atoms with Crippen molar-refractivity contribution < 1.29 is 9.90 Å². The number of rotatable bonds is 6. The van der Waals surface area contributed by atoms with Crippen molar-refractivity contribution in [2.75, 3.05) is 17.7 Å². The molecule has 9 nitrogen and oxygen atoms in total. The van der Waals surface area contributed by atoms with Crippen LogP contribution in [0, 0.1) is 0 Å². The maximum absolute atomic E-state index is 12.9. The highest BCUT2D eigenvalue weighted by Gasteiger charge is 2.19. The summed E-state index contributed by atoms with van der Waals surface area (Å²) in [6, 6.07) is 14.0. The zero-order chi connectivity index (χ0) is 23.8. The maximum Gasteiger partial charge on any atom is 0.290 e. The molecule has 1 amide bonds. The second-order valence-electron chi connectivity index (χ2n) is 6.65. The Bertz CT molecular complexity index is 1200. The van der Waals surface area contributed by atoms with E-state index in [4.69, 9.17) is 0 Å². The first kappa shape index (κ1) is 24.3. The number of aromatic nitrogens is 2. The van der Waals surface area contributed by atoms with Gasteiger partial charge in [-0.3, -0.25) is 14.4 Å². The topological polar surface area (TPSA) is 117 Å². The van der Waals surface area contributed by atoms with Crippen molar-refractivity contribution in [3.8, 4) is 5.75 Å². The van der Waals surface area contributed by atoms with Gasteiger partial charge in [0.25, 0.3) is 17.0 Å². The number of nitrogens with one attached hydrogen (secondary N) is 3. The molecule has 1 aromatic heterocycles. The minimum atomic E-state index is -0.476. The third kappa shape index (κ3) is 5.00. The number of para-hydroxylation sites is 1. The normalized spacial score (nSPS) is 10.0. The largest absolute Gasteiger partial charge is 0.505 e. The van der Waals surface area contributed by atoms with E-state index in [-0.39, 0.29) is 28.4 Å². The van der Waals surface area contributed by atoms with Crippen LogP contribution in [0.4, 0.5) is 17.1 Å². The van der Waals surface area contributed by atoms with Crippen LogP contribution in [0.5, 0.6) is 5.75 Å². The molecule has 3 rings (SSSR count). The molecule has 32 heavy (non-hydrogen) atoms. The third-order valence-electron chi connectivity index (χ3n) is 4.80. The predicted molar refractivity (Wildman–Crippen MR) is 127 cm³/mol. The van der Waals surface area contributed by atoms with E-state index in [1.54, 1.807) is 6.07 Å². The molecule has 1 heterocycles. The Balaban J connectivity index is 0.00000176. The molecule has 0 aliphatic heterocycles. The fraction of sp³-hybridized carbons (Fsp3) is 0.261. The van der Waals surface area contributed by atoms with Gasteiger partial charge in [-0.25, -0.2) is 9.36 Å². The summed E-state index contributed by atoms with van der Waals surface area (Å²) in [6.45, 7) is 4.32. The highest BCUT2D eigenvalue weighted by atomic mass is 16.3. The van der Waals surface area contributed by atoms with E-state index in [1.807, 2.05) is 44.2 Å². The van der Waals surface area contributed by atoms with Crippen LogP contribution in [-0.2, 0) is 20.6 Å². The van der Waals surface area contributed by atoms with E-state index >= 15 is 0 Å². The Kier molecular flexibility index (Phi) is 8.23. The molecule has 0 unspecified atom stereocenters. The molecule has 0 aliphatic rings. The predicted octanol–water partition coefficient (Wildman–Crippen LogP) is 2.53. The van der Waals surface area contributed by atoms with Gasteiger partial charge in [0.1, 0.15) is 11.4 Å². The summed E-state index contributed by atoms with van der Waals surface area (Å²) >= 11 is 0. The number of anilines is 3. The number of phenolic OH excluding ortho intramolecular Hbond substituents is 1. The molecule has 2 aromatic carbocycles. The highest BCUT2D eigenvalue weighted by molar-refractivity contribution is 5.99. The first-order valence-corrected chi connectivity index (χ1v) is 10.2. The van der Waals surface area contributed by atoms with Crippen LogP contribution < -0.4 is 27.1 Å². The van der Waals surface area contributed by atoms with Crippen molar-refractivity contribution in [3.63, 3.8) is 0 Å². The molecule has 9 heteroatoms. The zero-order valence-corrected chi connectivity index (χ0v) is 18.9. The summed E-state index contributed by atoms with van der Waals surface area (Å²) in [5, 5.41) is 18.8. The van der Waals surface area contributed by atoms with Gasteiger partial charge in [-0.05, 0) is 17.7 Å². The number of hydrogen-bond donors (Lipinski definition) is 4. The lowest BCUT2D eigenvalue weighted by atomic mass is 10.1. The van der Waals surface area contributed by atoms with Crippen LogP contribution in [0.2, 0.25) is 0 Å². The van der Waals surface area contributed by atoms with E-state index in [1.165, 1.54) is 38.0 Å². The van der Waals surface area contributed by atoms with Gasteiger partial charge in [-0.1, -0.05) is 50.2 Å². The van der Waals surface area contributed by atoms with Crippen molar-refractivity contribution in [1.29, 1.82) is 0 Å². The van der Waals surface area contributed by atoms with Crippen LogP contribution in [-0.4, -0.2) is 27.4 Å². The summed E-state index contributed by atoms with van der Waals surface area (Å²) in [7, 11) is 4.41. The lowest BCUT2D eigenvalue weighted by molar-refractivity contribution is 0.0960. The molecule has 170 valence electrons. The highest BCUT2D eigenvalue weighted by Crippen LogP contribution is 2.30. The number of benzene rings is 2. The Labute approximate surface area is 186 Å². The number of nitrogens with zero attached hydrogens (tertiary/aromatic N) is 2. The minimum Gasteiger partial charge on any atom is -0.505 e. The van der Waals surface area contributed by atoms with Crippen molar-refractivity contribution in [3.05, 3.63) is 80.4 Å². The Morgan fingerprint density at radius 3 is 2.09 bits per heavy atom. The Morgan fingerprint density at radius 1 is 0.906 bits per heavy atom. The van der Waals surface area contributed by atoms with Gasteiger partial charge >= 0.3 is 0 Å². The van der Waals surface area contributed by atoms with E-state index in [0.717, 1.165) is 10.2 Å². The smallest absolute Gasteiger partial charge is 0.290 e. The molecule has 0 fully saturated rings. The molecular weight excluding hydrogens is 410 g/mol. The number of carbonyl (C=O) groups is 1. The van der Waals surface area contributed by atoms with Gasteiger partial charge in [-0.2, -0.15) is 0 Å². The van der Waals surface area contributed by atoms with Gasteiger partial charge in [0.15, 0.2) is 5.75 Å². The van der Waals surface area contributed by atoms with Crippen LogP contribution in [0.25, 0.3) is 0 Å². The lowest BCUT2D eigenvalue weighted by Crippen LogP contribution is -2.38. The van der Waals surface area contributed by atoms with Crippen molar-refractivity contribution >= 4 is 23.0 Å². The molecule has 0 bridgehead atoms. The van der Waals surface area contributed by atoms with E-state index in [0.29, 0.717) is 6.54 Å². The molecule has 0 radical (unpaired) electrons. The zero-order valence-electron chi connectivity index (χ0n) is 18.9. The standard InChI is InChI=1S/C21H23N5O4.C2H6/c1-22-19(28)14-10-7-11-15(18(14)27)24-17-16(20(29)25(2)26(3)21(17)30)23-12-13-8-5-4-6-9-13;1-2/h4-11,23-24,27H,12H2,1-3H3,(H,22,28);1-2H3. The Hall–Kier alpha value is -4.01. The second kappa shape index (κ2) is 10.9. The molecule has 0 atom stereocenters. The summed E-state index contributed by atoms with van der Waals surface area (Å²) in [6.07, 6.45) is 0. The van der Waals surface area contributed by atoms with E-state index < -0.39 is 17.0 Å². The van der Waals surface area contributed by atoms with Crippen LogP contribution in [0.3, 0.4) is 0 Å². The lowest BCUT2D eigenvalue weighted by Gasteiger charge is -2.17. The second-order valence-corrected chi connectivity index (χ2v) is 6.65. The summed E-state index contributed by atoms with van der Waals surface area (Å²) < 4.78 is 2.36. The molecule has 0 spiro atoms. The van der Waals surface area contributed by atoms with Gasteiger partial charge < -0.3 is 21.1 Å². The first-order valence-electron chi connectivity index (χ1n) is 10.2. The van der Waals surface area contributed by atoms with Gasteiger partial charge in [0.2, 0.25) is 0 Å². The van der Waals surface area contributed by atoms with Crippen molar-refractivity contribution in [2.24, 2.45) is 14.1 Å². The van der Waals surface area contributed by atoms with Crippen molar-refractivity contribution in [1.82, 2.24) is 14.7 Å². The monoisotopic (exact) mass is 439 g/mol. The number of carbonyl (C=O) groups excluding carboxylic acids is 1. The van der Waals surface area contributed by atoms with Gasteiger partial charge in [0.05, 0.1) is 11.3 Å². The summed E-state index contributed by atoms with van der Waals surface area (Å²) in [4.78, 5) is 37.7. The molecular formula is C23H29N5O4. The molecule has 0 saturated heterocycles. The number of aromatic hydroxyl groups is 1. The summed E-state index contributed by atoms with van der Waals surface area (Å²) in [5.41, 5.74) is 0.242. The van der Waals surface area contributed by atoms with Crippen LogP contribution in [0.1, 0.15) is 29.8 Å². The number of hydrogen-bond acceptors (Lipinski definition) is 6. The molecule has 0 aliphatic carbocycles. The fourth-order valence-electron chi connectivity index (χ4n) is 2.97. The number of amides is 1. The molecule has 3 aromatic rings.